The average Bonchev–Trinajstić information content (AvgIpc) is 3.58. The van der Waals surface area contributed by atoms with Crippen LogP contribution in [0, 0.1) is 0 Å². The van der Waals surface area contributed by atoms with Crippen molar-refractivity contribution >= 4 is 23.2 Å². The van der Waals surface area contributed by atoms with Gasteiger partial charge >= 0.3 is 0 Å². The minimum atomic E-state index is -0.385. The second kappa shape index (κ2) is 14.7. The van der Waals surface area contributed by atoms with E-state index in [2.05, 4.69) is 21.3 Å². The van der Waals surface area contributed by atoms with Gasteiger partial charge < -0.3 is 24.6 Å². The molecule has 2 aromatic carbocycles. The Morgan fingerprint density at radius 3 is 2.65 bits per heavy atom. The Bertz CT molecular complexity index is 1680. The van der Waals surface area contributed by atoms with Crippen LogP contribution in [0.5, 0.6) is 11.6 Å². The van der Waals surface area contributed by atoms with Crippen molar-refractivity contribution < 1.29 is 19.3 Å². The van der Waals surface area contributed by atoms with Gasteiger partial charge in [0.1, 0.15) is 5.75 Å². The molecule has 4 aromatic rings. The first-order valence-electron chi connectivity index (χ1n) is 15.8. The molecule has 10 heteroatoms. The van der Waals surface area contributed by atoms with Crippen molar-refractivity contribution in [2.45, 2.75) is 51.5 Å². The normalized spacial score (nSPS) is 17.1. The van der Waals surface area contributed by atoms with E-state index in [0.29, 0.717) is 40.4 Å². The fourth-order valence-corrected chi connectivity index (χ4v) is 7.08. The summed E-state index contributed by atoms with van der Waals surface area (Å²) in [7, 11) is 3.31. The Labute approximate surface area is 280 Å². The van der Waals surface area contributed by atoms with Crippen molar-refractivity contribution in [1.29, 1.82) is 0 Å². The number of halogens is 2. The summed E-state index contributed by atoms with van der Waals surface area (Å²) in [5, 5.41) is 14.4. The molecule has 1 saturated heterocycles. The van der Waals surface area contributed by atoms with Gasteiger partial charge in [0.15, 0.2) is 0 Å². The van der Waals surface area contributed by atoms with Gasteiger partial charge in [-0.2, -0.15) is 0 Å². The van der Waals surface area contributed by atoms with E-state index in [1.807, 2.05) is 49.4 Å². The minimum Gasteiger partial charge on any atom is -0.496 e. The summed E-state index contributed by atoms with van der Waals surface area (Å²) in [6, 6.07) is 15.9. The zero-order valence-electron chi connectivity index (χ0n) is 26.5. The minimum absolute atomic E-state index is 0.266. The molecule has 6 rings (SSSR count). The number of methoxy groups -OCH3 is 2. The fraction of sp³-hybridized carbons (Fsp3) is 0.389. The summed E-state index contributed by atoms with van der Waals surface area (Å²) < 4.78 is 17.2. The molecule has 8 nitrogen and oxygen atoms in total. The first kappa shape index (κ1) is 32.7. The lowest BCUT2D eigenvalue weighted by Crippen LogP contribution is -2.35. The number of fused-ring (bicyclic) bond motifs is 1. The summed E-state index contributed by atoms with van der Waals surface area (Å²) in [5.41, 5.74) is 7.90. The number of hydrogen-bond donors (Lipinski definition) is 2. The van der Waals surface area contributed by atoms with Gasteiger partial charge in [-0.15, -0.1) is 0 Å². The molecule has 4 heterocycles. The van der Waals surface area contributed by atoms with Crippen molar-refractivity contribution in [3.05, 3.63) is 81.5 Å². The van der Waals surface area contributed by atoms with Crippen molar-refractivity contribution in [1.82, 2.24) is 20.2 Å². The van der Waals surface area contributed by atoms with Crippen LogP contribution >= 0.6 is 23.2 Å². The number of hydrogen-bond acceptors (Lipinski definition) is 8. The van der Waals surface area contributed by atoms with E-state index < -0.39 is 0 Å². The zero-order valence-corrected chi connectivity index (χ0v) is 28.0. The third-order valence-corrected chi connectivity index (χ3v) is 9.48. The molecule has 46 heavy (non-hydrogen) atoms. The smallest absolute Gasteiger partial charge is 0.218 e. The quantitative estimate of drug-likeness (QED) is 0.181. The molecule has 0 saturated carbocycles. The van der Waals surface area contributed by atoms with Gasteiger partial charge in [-0.3, -0.25) is 9.88 Å². The number of nitrogens with zero attached hydrogens (tertiary/aromatic N) is 3. The van der Waals surface area contributed by atoms with E-state index in [1.54, 1.807) is 20.4 Å². The first-order chi connectivity index (χ1) is 22.4. The average molecular weight is 664 g/mol. The highest BCUT2D eigenvalue weighted by molar-refractivity contribution is 6.39. The van der Waals surface area contributed by atoms with E-state index in [0.717, 1.165) is 84.6 Å². The van der Waals surface area contributed by atoms with Crippen molar-refractivity contribution in [3.8, 4) is 45.3 Å². The van der Waals surface area contributed by atoms with E-state index in [-0.39, 0.29) is 12.2 Å². The Balaban J connectivity index is 1.28. The van der Waals surface area contributed by atoms with Crippen molar-refractivity contribution in [3.63, 3.8) is 0 Å². The van der Waals surface area contributed by atoms with Gasteiger partial charge in [-0.05, 0) is 56.0 Å². The van der Waals surface area contributed by atoms with Crippen LogP contribution in [-0.2, 0) is 24.2 Å². The maximum Gasteiger partial charge on any atom is 0.218 e. The Kier molecular flexibility index (Phi) is 10.4. The number of aliphatic hydroxyl groups is 1. The van der Waals surface area contributed by atoms with E-state index in [9.17, 15) is 5.11 Å². The van der Waals surface area contributed by atoms with Gasteiger partial charge in [0.05, 0.1) is 47.9 Å². The largest absolute Gasteiger partial charge is 0.496 e. The Morgan fingerprint density at radius 1 is 1.07 bits per heavy atom. The van der Waals surface area contributed by atoms with Crippen LogP contribution in [0.15, 0.2) is 54.7 Å². The number of pyridine rings is 2. The zero-order chi connectivity index (χ0) is 32.2. The van der Waals surface area contributed by atoms with Crippen LogP contribution in [-0.4, -0.2) is 72.6 Å². The lowest BCUT2D eigenvalue weighted by molar-refractivity contribution is 0.110. The molecule has 2 aliphatic heterocycles. The standard InChI is InChI=1S/C36H40Cl2N4O4/c1-22(43)20-42-14-12-23-16-25(17-32(44-2)30(23)21-42)35-34(38)28(11-13-40-35)27-7-4-8-29(33(27)37)31-10-9-24(36(41-31)45-3)18-39-19-26-6-5-15-46-26/h4,7-11,13,16-17,22,26,39,43H,5-6,12,14-15,18-21H2,1-3H3/t22-,26+/m1/s1. The number of β-amino-alcohol motifs (C(OH)–C–C–N with tert-alkyl or cyclic N) is 1. The number of nitrogens with one attached hydrogen (secondary N) is 1. The van der Waals surface area contributed by atoms with Gasteiger partial charge in [0.2, 0.25) is 5.88 Å². The first-order valence-corrected chi connectivity index (χ1v) is 16.5. The molecule has 0 bridgehead atoms. The number of aliphatic hydroxyl groups excluding tert-OH is 1. The molecule has 2 N–H and O–H groups in total. The second-order valence-corrected chi connectivity index (χ2v) is 12.7. The highest BCUT2D eigenvalue weighted by atomic mass is 35.5. The Morgan fingerprint density at radius 2 is 1.89 bits per heavy atom. The topological polar surface area (TPSA) is 89.0 Å². The molecule has 1 fully saturated rings. The van der Waals surface area contributed by atoms with Crippen LogP contribution in [0.2, 0.25) is 10.0 Å². The van der Waals surface area contributed by atoms with Crippen LogP contribution < -0.4 is 14.8 Å². The third-order valence-electron chi connectivity index (χ3n) is 8.69. The van der Waals surface area contributed by atoms with Crippen molar-refractivity contribution in [2.75, 3.05) is 40.5 Å². The molecule has 242 valence electrons. The summed E-state index contributed by atoms with van der Waals surface area (Å²) in [4.78, 5) is 11.8. The molecule has 2 atom stereocenters. The van der Waals surface area contributed by atoms with Gasteiger partial charge in [0.25, 0.3) is 0 Å². The maximum atomic E-state index is 9.90. The lowest BCUT2D eigenvalue weighted by Gasteiger charge is -2.31. The van der Waals surface area contributed by atoms with Crippen LogP contribution in [0.3, 0.4) is 0 Å². The van der Waals surface area contributed by atoms with Crippen LogP contribution in [0.25, 0.3) is 33.6 Å². The molecular formula is C36H40Cl2N4O4. The summed E-state index contributed by atoms with van der Waals surface area (Å²) in [6.45, 7) is 6.29. The van der Waals surface area contributed by atoms with Crippen LogP contribution in [0.1, 0.15) is 36.5 Å². The molecule has 0 aliphatic carbocycles. The van der Waals surface area contributed by atoms with E-state index in [1.165, 1.54) is 5.56 Å². The fourth-order valence-electron chi connectivity index (χ4n) is 6.43. The SMILES string of the molecule is COc1cc(-c2nccc(-c3cccc(-c4ccc(CNC[C@@H]5CCCO5)c(OC)n4)c3Cl)c2Cl)cc2c1CN(C[C@@H](C)O)CC2. The predicted octanol–water partition coefficient (Wildman–Crippen LogP) is 6.81. The lowest BCUT2D eigenvalue weighted by atomic mass is 9.93. The summed E-state index contributed by atoms with van der Waals surface area (Å²) in [6.07, 6.45) is 4.69. The number of benzene rings is 2. The molecular weight excluding hydrogens is 623 g/mol. The second-order valence-electron chi connectivity index (χ2n) is 12.0. The molecule has 2 aliphatic rings. The summed E-state index contributed by atoms with van der Waals surface area (Å²) in [5.74, 6) is 1.34. The number of aromatic nitrogens is 2. The molecule has 0 unspecified atom stereocenters. The molecule has 2 aromatic heterocycles. The molecule has 0 amide bonds. The van der Waals surface area contributed by atoms with E-state index in [4.69, 9.17) is 42.4 Å². The van der Waals surface area contributed by atoms with E-state index >= 15 is 0 Å². The third kappa shape index (κ3) is 7.03. The Hall–Kier alpha value is -3.24. The maximum absolute atomic E-state index is 9.90. The predicted molar refractivity (Wildman–Crippen MR) is 183 cm³/mol. The monoisotopic (exact) mass is 662 g/mol. The van der Waals surface area contributed by atoms with Crippen molar-refractivity contribution in [2.24, 2.45) is 0 Å². The number of ether oxygens (including phenoxy) is 3. The number of rotatable bonds is 11. The highest BCUT2D eigenvalue weighted by Gasteiger charge is 2.24. The van der Waals surface area contributed by atoms with Crippen LogP contribution in [0.4, 0.5) is 0 Å². The molecule has 0 radical (unpaired) electrons. The molecule has 0 spiro atoms. The van der Waals surface area contributed by atoms with Gasteiger partial charge in [-0.25, -0.2) is 4.98 Å². The van der Waals surface area contributed by atoms with Gasteiger partial charge in [-0.1, -0.05) is 47.5 Å². The highest BCUT2D eigenvalue weighted by Crippen LogP contribution is 2.43. The summed E-state index contributed by atoms with van der Waals surface area (Å²) >= 11 is 14.2. The van der Waals surface area contributed by atoms with Gasteiger partial charge in [0, 0.05) is 78.9 Å².